The molecule has 1 heterocycles. The maximum atomic E-state index is 13.2. The average molecular weight is 293 g/mol. The maximum absolute atomic E-state index is 13.2. The summed E-state index contributed by atoms with van der Waals surface area (Å²) in [5.74, 6) is 6.13. The summed E-state index contributed by atoms with van der Waals surface area (Å²) in [7, 11) is 0. The van der Waals surface area contributed by atoms with Gasteiger partial charge in [0.2, 0.25) is 0 Å². The van der Waals surface area contributed by atoms with E-state index in [-0.39, 0.29) is 11.1 Å². The molecule has 2 aromatic carbocycles. The number of hydrazine groups is 1. The molecule has 0 bridgehead atoms. The minimum absolute atomic E-state index is 0.0900. The molecule has 0 saturated carbocycles. The number of hydrogen-bond acceptors (Lipinski definition) is 3. The predicted molar refractivity (Wildman–Crippen MR) is 76.2 cm³/mol. The van der Waals surface area contributed by atoms with E-state index >= 15 is 0 Å². The van der Waals surface area contributed by atoms with E-state index in [0.29, 0.717) is 6.61 Å². The van der Waals surface area contributed by atoms with Gasteiger partial charge in [-0.15, -0.1) is 0 Å². The van der Waals surface area contributed by atoms with Crippen LogP contribution in [-0.4, -0.2) is 6.61 Å². The van der Waals surface area contributed by atoms with Crippen molar-refractivity contribution in [3.05, 3.63) is 63.9 Å². The first kappa shape index (κ1) is 13.4. The Labute approximate surface area is 121 Å². The Morgan fingerprint density at radius 2 is 1.95 bits per heavy atom. The van der Waals surface area contributed by atoms with E-state index in [0.717, 1.165) is 28.9 Å². The highest BCUT2D eigenvalue weighted by atomic mass is 35.5. The number of hydrogen-bond donors (Lipinski definition) is 2. The summed E-state index contributed by atoms with van der Waals surface area (Å²) in [5, 5.41) is 0.0900. The lowest BCUT2D eigenvalue weighted by Crippen LogP contribution is -2.28. The van der Waals surface area contributed by atoms with Crippen LogP contribution >= 0.6 is 11.6 Å². The van der Waals surface area contributed by atoms with Crippen molar-refractivity contribution >= 4 is 11.6 Å². The molecular weight excluding hydrogens is 279 g/mol. The average Bonchev–Trinajstić information content (AvgIpc) is 2.91. The largest absolute Gasteiger partial charge is 0.493 e. The van der Waals surface area contributed by atoms with Crippen LogP contribution in [0.2, 0.25) is 5.02 Å². The molecular formula is C15H14ClFN2O. The van der Waals surface area contributed by atoms with Crippen molar-refractivity contribution < 1.29 is 9.13 Å². The van der Waals surface area contributed by atoms with Crippen molar-refractivity contribution in [2.45, 2.75) is 12.5 Å². The van der Waals surface area contributed by atoms with Crippen LogP contribution < -0.4 is 16.0 Å². The second kappa shape index (κ2) is 5.40. The molecule has 20 heavy (non-hydrogen) atoms. The van der Waals surface area contributed by atoms with Gasteiger partial charge >= 0.3 is 0 Å². The van der Waals surface area contributed by atoms with Crippen LogP contribution in [0.5, 0.6) is 5.75 Å². The number of ether oxygens (including phenoxy) is 1. The van der Waals surface area contributed by atoms with Crippen LogP contribution in [0.4, 0.5) is 4.39 Å². The van der Waals surface area contributed by atoms with Gasteiger partial charge in [-0.05, 0) is 34.9 Å². The predicted octanol–water partition coefficient (Wildman–Crippen LogP) is 2.97. The lowest BCUT2D eigenvalue weighted by atomic mass is 9.97. The fraction of sp³-hybridized carbons (Fsp3) is 0.200. The SMILES string of the molecule is NNC(c1ccc(F)c(Cl)c1)c1ccc2c(c1)CCO2. The molecule has 0 aromatic heterocycles. The molecule has 3 N–H and O–H groups in total. The first-order chi connectivity index (χ1) is 9.69. The molecule has 1 atom stereocenters. The van der Waals surface area contributed by atoms with E-state index in [4.69, 9.17) is 22.2 Å². The van der Waals surface area contributed by atoms with Gasteiger partial charge in [-0.25, -0.2) is 9.82 Å². The standard InChI is InChI=1S/C15H14ClFN2O/c16-12-8-11(1-3-13(12)17)15(19-18)10-2-4-14-9(7-10)5-6-20-14/h1-4,7-8,15,19H,5-6,18H2. The number of nitrogens with two attached hydrogens (primary N) is 1. The van der Waals surface area contributed by atoms with Crippen molar-refractivity contribution in [1.82, 2.24) is 5.43 Å². The van der Waals surface area contributed by atoms with Crippen molar-refractivity contribution in [3.8, 4) is 5.75 Å². The third kappa shape index (κ3) is 2.38. The quantitative estimate of drug-likeness (QED) is 0.675. The van der Waals surface area contributed by atoms with Crippen LogP contribution in [0, 0.1) is 5.82 Å². The molecule has 104 valence electrons. The molecule has 0 amide bonds. The molecule has 0 fully saturated rings. The summed E-state index contributed by atoms with van der Waals surface area (Å²) in [5.41, 5.74) is 5.73. The van der Waals surface area contributed by atoms with E-state index in [1.54, 1.807) is 12.1 Å². The molecule has 0 spiro atoms. The van der Waals surface area contributed by atoms with Crippen LogP contribution in [0.15, 0.2) is 36.4 Å². The second-order valence-corrected chi connectivity index (χ2v) is 5.15. The number of fused-ring (bicyclic) bond motifs is 1. The Balaban J connectivity index is 1.98. The van der Waals surface area contributed by atoms with Crippen LogP contribution in [0.3, 0.4) is 0 Å². The molecule has 0 radical (unpaired) electrons. The molecule has 3 nitrogen and oxygen atoms in total. The Bertz CT molecular complexity index is 648. The molecule has 1 aliphatic rings. The van der Waals surface area contributed by atoms with E-state index < -0.39 is 5.82 Å². The topological polar surface area (TPSA) is 47.3 Å². The van der Waals surface area contributed by atoms with Crippen LogP contribution in [-0.2, 0) is 6.42 Å². The number of halogens is 2. The minimum Gasteiger partial charge on any atom is -0.493 e. The highest BCUT2D eigenvalue weighted by molar-refractivity contribution is 6.30. The second-order valence-electron chi connectivity index (χ2n) is 4.74. The van der Waals surface area contributed by atoms with Gasteiger partial charge in [0.1, 0.15) is 11.6 Å². The smallest absolute Gasteiger partial charge is 0.141 e. The molecule has 5 heteroatoms. The van der Waals surface area contributed by atoms with E-state index in [9.17, 15) is 4.39 Å². The van der Waals surface area contributed by atoms with Gasteiger partial charge in [-0.1, -0.05) is 29.8 Å². The number of nitrogens with one attached hydrogen (secondary N) is 1. The zero-order chi connectivity index (χ0) is 14.1. The molecule has 2 aromatic rings. The van der Waals surface area contributed by atoms with Crippen LogP contribution in [0.1, 0.15) is 22.7 Å². The van der Waals surface area contributed by atoms with Gasteiger partial charge in [0.05, 0.1) is 17.7 Å². The van der Waals surface area contributed by atoms with E-state index in [2.05, 4.69) is 11.5 Å². The highest BCUT2D eigenvalue weighted by Gasteiger charge is 2.18. The first-order valence-corrected chi connectivity index (χ1v) is 6.73. The summed E-state index contributed by atoms with van der Waals surface area (Å²) in [6, 6.07) is 10.3. The normalized spacial score (nSPS) is 14.8. The molecule has 0 aliphatic carbocycles. The Morgan fingerprint density at radius 3 is 2.70 bits per heavy atom. The summed E-state index contributed by atoms with van der Waals surface area (Å²) in [4.78, 5) is 0. The van der Waals surface area contributed by atoms with Crippen molar-refractivity contribution in [2.75, 3.05) is 6.61 Å². The Morgan fingerprint density at radius 1 is 1.20 bits per heavy atom. The maximum Gasteiger partial charge on any atom is 0.141 e. The van der Waals surface area contributed by atoms with E-state index in [1.165, 1.54) is 6.07 Å². The fourth-order valence-corrected chi connectivity index (χ4v) is 2.65. The summed E-state index contributed by atoms with van der Waals surface area (Å²) in [6.45, 7) is 0.710. The van der Waals surface area contributed by atoms with Crippen LogP contribution in [0.25, 0.3) is 0 Å². The monoisotopic (exact) mass is 292 g/mol. The molecule has 1 unspecified atom stereocenters. The van der Waals surface area contributed by atoms with E-state index in [1.807, 2.05) is 12.1 Å². The summed E-state index contributed by atoms with van der Waals surface area (Å²) >= 11 is 5.83. The fourth-order valence-electron chi connectivity index (χ4n) is 2.46. The molecule has 0 saturated heterocycles. The van der Waals surface area contributed by atoms with Gasteiger partial charge < -0.3 is 4.74 Å². The van der Waals surface area contributed by atoms with Gasteiger partial charge in [-0.3, -0.25) is 5.84 Å². The Kier molecular flexibility index (Phi) is 3.61. The summed E-state index contributed by atoms with van der Waals surface area (Å²) < 4.78 is 18.7. The van der Waals surface area contributed by atoms with Crippen molar-refractivity contribution in [2.24, 2.45) is 5.84 Å². The minimum atomic E-state index is -0.437. The third-order valence-corrected chi connectivity index (χ3v) is 3.78. The lowest BCUT2D eigenvalue weighted by Gasteiger charge is -2.18. The van der Waals surface area contributed by atoms with Gasteiger partial charge in [0.15, 0.2) is 0 Å². The first-order valence-electron chi connectivity index (χ1n) is 6.36. The molecule has 3 rings (SSSR count). The molecule has 1 aliphatic heterocycles. The third-order valence-electron chi connectivity index (χ3n) is 3.49. The van der Waals surface area contributed by atoms with Crippen molar-refractivity contribution in [3.63, 3.8) is 0 Å². The van der Waals surface area contributed by atoms with Gasteiger partial charge in [-0.2, -0.15) is 0 Å². The zero-order valence-electron chi connectivity index (χ0n) is 10.7. The van der Waals surface area contributed by atoms with Gasteiger partial charge in [0, 0.05) is 6.42 Å². The number of rotatable bonds is 3. The summed E-state index contributed by atoms with van der Waals surface area (Å²) in [6.07, 6.45) is 0.893. The highest BCUT2D eigenvalue weighted by Crippen LogP contribution is 2.31. The van der Waals surface area contributed by atoms with Crippen molar-refractivity contribution in [1.29, 1.82) is 0 Å². The number of benzene rings is 2. The Hall–Kier alpha value is -1.62. The lowest BCUT2D eigenvalue weighted by molar-refractivity contribution is 0.357. The van der Waals surface area contributed by atoms with Gasteiger partial charge in [0.25, 0.3) is 0 Å². The zero-order valence-corrected chi connectivity index (χ0v) is 11.5.